The molecule has 24 heavy (non-hydrogen) atoms. The number of amides is 1. The fraction of sp³-hybridized carbons (Fsp3) is 0.300. The largest absolute Gasteiger partial charge is 0.343 e. The molecule has 2 aromatic rings. The number of nitrogens with zero attached hydrogens (tertiary/aromatic N) is 1. The third-order valence-electron chi connectivity index (χ3n) is 3.88. The maximum atomic E-state index is 12.1. The number of nitrogens with one attached hydrogen (secondary N) is 1. The van der Waals surface area contributed by atoms with Crippen molar-refractivity contribution in [2.24, 2.45) is 0 Å². The molecule has 4 nitrogen and oxygen atoms in total. The van der Waals surface area contributed by atoms with Gasteiger partial charge >= 0.3 is 0 Å². The highest BCUT2D eigenvalue weighted by Crippen LogP contribution is 2.10. The lowest BCUT2D eigenvalue weighted by molar-refractivity contribution is -0.109. The van der Waals surface area contributed by atoms with Gasteiger partial charge in [0.05, 0.1) is 6.04 Å². The zero-order chi connectivity index (χ0) is 17.4. The van der Waals surface area contributed by atoms with Crippen LogP contribution >= 0.6 is 0 Å². The zero-order valence-corrected chi connectivity index (χ0v) is 14.2. The lowest BCUT2D eigenvalue weighted by Gasteiger charge is -2.17. The Morgan fingerprint density at radius 2 is 1.62 bits per heavy atom. The van der Waals surface area contributed by atoms with Crippen LogP contribution in [0.5, 0.6) is 0 Å². The summed E-state index contributed by atoms with van der Waals surface area (Å²) in [5.74, 6) is -0.210. The lowest BCUT2D eigenvalue weighted by Crippen LogP contribution is -2.35. The minimum atomic E-state index is -0.422. The molecule has 0 saturated heterocycles. The van der Waals surface area contributed by atoms with E-state index in [0.29, 0.717) is 12.0 Å². The van der Waals surface area contributed by atoms with Crippen molar-refractivity contribution in [2.45, 2.75) is 32.5 Å². The molecule has 0 saturated carbocycles. The second-order valence-electron chi connectivity index (χ2n) is 5.98. The SMILES string of the molecule is CCC(C=O)NC(=O)c1ccc(CN(C)Cc2ccccc2)cc1. The van der Waals surface area contributed by atoms with E-state index >= 15 is 0 Å². The van der Waals surface area contributed by atoms with E-state index in [1.807, 2.05) is 37.3 Å². The van der Waals surface area contributed by atoms with Gasteiger partial charge in [-0.2, -0.15) is 0 Å². The van der Waals surface area contributed by atoms with E-state index in [0.717, 1.165) is 24.9 Å². The van der Waals surface area contributed by atoms with Crippen LogP contribution in [0.4, 0.5) is 0 Å². The van der Waals surface area contributed by atoms with E-state index in [-0.39, 0.29) is 5.91 Å². The van der Waals surface area contributed by atoms with E-state index in [2.05, 4.69) is 29.4 Å². The van der Waals surface area contributed by atoms with Gasteiger partial charge in [-0.3, -0.25) is 9.69 Å². The van der Waals surface area contributed by atoms with Crippen molar-refractivity contribution in [3.63, 3.8) is 0 Å². The Balaban J connectivity index is 1.91. The minimum Gasteiger partial charge on any atom is -0.343 e. The second-order valence-corrected chi connectivity index (χ2v) is 5.98. The molecule has 0 bridgehead atoms. The molecule has 0 heterocycles. The summed E-state index contributed by atoms with van der Waals surface area (Å²) in [4.78, 5) is 25.1. The van der Waals surface area contributed by atoms with Crippen molar-refractivity contribution < 1.29 is 9.59 Å². The number of hydrogen-bond acceptors (Lipinski definition) is 3. The smallest absolute Gasteiger partial charge is 0.251 e. The predicted molar refractivity (Wildman–Crippen MR) is 95.7 cm³/mol. The van der Waals surface area contributed by atoms with Gasteiger partial charge in [-0.15, -0.1) is 0 Å². The average molecular weight is 324 g/mol. The fourth-order valence-corrected chi connectivity index (χ4v) is 2.51. The molecule has 1 N–H and O–H groups in total. The van der Waals surface area contributed by atoms with Gasteiger partial charge in [-0.05, 0) is 36.7 Å². The summed E-state index contributed by atoms with van der Waals surface area (Å²) in [5, 5.41) is 2.71. The first-order chi connectivity index (χ1) is 11.6. The third kappa shape index (κ3) is 5.32. The molecule has 2 aromatic carbocycles. The van der Waals surface area contributed by atoms with Crippen LogP contribution in [0.2, 0.25) is 0 Å². The Labute approximate surface area is 143 Å². The van der Waals surface area contributed by atoms with Crippen LogP contribution in [0.15, 0.2) is 54.6 Å². The fourth-order valence-electron chi connectivity index (χ4n) is 2.51. The van der Waals surface area contributed by atoms with E-state index in [4.69, 9.17) is 0 Å². The van der Waals surface area contributed by atoms with Crippen molar-refractivity contribution >= 4 is 12.2 Å². The Bertz CT molecular complexity index is 653. The van der Waals surface area contributed by atoms with Gasteiger partial charge in [-0.1, -0.05) is 49.4 Å². The van der Waals surface area contributed by atoms with E-state index in [9.17, 15) is 9.59 Å². The molecule has 0 spiro atoms. The first kappa shape index (κ1) is 17.9. The molecule has 0 radical (unpaired) electrons. The Morgan fingerprint density at radius 1 is 1.04 bits per heavy atom. The van der Waals surface area contributed by atoms with Crippen molar-refractivity contribution in [3.8, 4) is 0 Å². The lowest BCUT2D eigenvalue weighted by atomic mass is 10.1. The number of aldehydes is 1. The van der Waals surface area contributed by atoms with Crippen LogP contribution in [0.1, 0.15) is 34.8 Å². The molecule has 126 valence electrons. The van der Waals surface area contributed by atoms with Crippen LogP contribution < -0.4 is 5.32 Å². The first-order valence-corrected chi connectivity index (χ1v) is 8.20. The highest BCUT2D eigenvalue weighted by molar-refractivity contribution is 5.95. The molecule has 1 unspecified atom stereocenters. The Morgan fingerprint density at radius 3 is 2.17 bits per heavy atom. The molecule has 0 fully saturated rings. The van der Waals surface area contributed by atoms with Gasteiger partial charge in [0.15, 0.2) is 0 Å². The van der Waals surface area contributed by atoms with Crippen molar-refractivity contribution in [1.29, 1.82) is 0 Å². The van der Waals surface area contributed by atoms with Gasteiger partial charge in [0.1, 0.15) is 6.29 Å². The highest BCUT2D eigenvalue weighted by Gasteiger charge is 2.11. The van der Waals surface area contributed by atoms with Gasteiger partial charge < -0.3 is 10.1 Å². The monoisotopic (exact) mass is 324 g/mol. The van der Waals surface area contributed by atoms with E-state index < -0.39 is 6.04 Å². The molecule has 0 aliphatic heterocycles. The predicted octanol–water partition coefficient (Wildman–Crippen LogP) is 3.03. The summed E-state index contributed by atoms with van der Waals surface area (Å²) in [5.41, 5.74) is 2.99. The molecule has 0 aliphatic carbocycles. The van der Waals surface area contributed by atoms with Crippen LogP contribution in [0, 0.1) is 0 Å². The highest BCUT2D eigenvalue weighted by atomic mass is 16.2. The average Bonchev–Trinajstić information content (AvgIpc) is 2.60. The number of rotatable bonds is 8. The summed E-state index contributed by atoms with van der Waals surface area (Å²) >= 11 is 0. The Hall–Kier alpha value is -2.46. The summed E-state index contributed by atoms with van der Waals surface area (Å²) in [6.45, 7) is 3.55. The number of carbonyl (C=O) groups excluding carboxylic acids is 2. The topological polar surface area (TPSA) is 49.4 Å². The number of hydrogen-bond donors (Lipinski definition) is 1. The number of carbonyl (C=O) groups is 2. The second kappa shape index (κ2) is 8.99. The van der Waals surface area contributed by atoms with Gasteiger partial charge in [-0.25, -0.2) is 0 Å². The standard InChI is InChI=1S/C20H24N2O2/c1-3-19(15-23)21-20(24)18-11-9-17(10-12-18)14-22(2)13-16-7-5-4-6-8-16/h4-12,15,19H,3,13-14H2,1-2H3,(H,21,24). The minimum absolute atomic E-state index is 0.210. The van der Waals surface area contributed by atoms with Crippen molar-refractivity contribution in [1.82, 2.24) is 10.2 Å². The summed E-state index contributed by atoms with van der Waals surface area (Å²) in [6.07, 6.45) is 1.36. The van der Waals surface area contributed by atoms with E-state index in [1.54, 1.807) is 12.1 Å². The molecule has 4 heteroatoms. The molecular weight excluding hydrogens is 300 g/mol. The molecule has 1 atom stereocenters. The molecular formula is C20H24N2O2. The number of benzene rings is 2. The van der Waals surface area contributed by atoms with E-state index in [1.165, 1.54) is 5.56 Å². The van der Waals surface area contributed by atoms with Gasteiger partial charge in [0, 0.05) is 18.7 Å². The molecule has 0 aromatic heterocycles. The summed E-state index contributed by atoms with van der Waals surface area (Å²) in [7, 11) is 2.07. The zero-order valence-electron chi connectivity index (χ0n) is 14.2. The summed E-state index contributed by atoms with van der Waals surface area (Å²) < 4.78 is 0. The van der Waals surface area contributed by atoms with Crippen molar-refractivity contribution in [3.05, 3.63) is 71.3 Å². The Kier molecular flexibility index (Phi) is 6.70. The van der Waals surface area contributed by atoms with Crippen LogP contribution in [0.3, 0.4) is 0 Å². The van der Waals surface area contributed by atoms with Crippen LogP contribution in [-0.4, -0.2) is 30.2 Å². The summed E-state index contributed by atoms with van der Waals surface area (Å²) in [6, 6.07) is 17.4. The molecule has 1 amide bonds. The maximum absolute atomic E-state index is 12.1. The normalized spacial score (nSPS) is 12.0. The van der Waals surface area contributed by atoms with Gasteiger partial charge in [0.2, 0.25) is 0 Å². The molecule has 0 aliphatic rings. The molecule has 2 rings (SSSR count). The van der Waals surface area contributed by atoms with Gasteiger partial charge in [0.25, 0.3) is 5.91 Å². The third-order valence-corrected chi connectivity index (χ3v) is 3.88. The van der Waals surface area contributed by atoms with Crippen LogP contribution in [-0.2, 0) is 17.9 Å². The first-order valence-electron chi connectivity index (χ1n) is 8.20. The maximum Gasteiger partial charge on any atom is 0.251 e. The van der Waals surface area contributed by atoms with Crippen LogP contribution in [0.25, 0.3) is 0 Å². The quantitative estimate of drug-likeness (QED) is 0.759. The van der Waals surface area contributed by atoms with Crippen molar-refractivity contribution in [2.75, 3.05) is 7.05 Å².